The van der Waals surface area contributed by atoms with Crippen molar-refractivity contribution in [2.45, 2.75) is 6.92 Å². The lowest BCUT2D eigenvalue weighted by molar-refractivity contribution is 0.618. The number of benzene rings is 1. The topological polar surface area (TPSA) is 72.8 Å². The summed E-state index contributed by atoms with van der Waals surface area (Å²) in [7, 11) is 1.69. The van der Waals surface area contributed by atoms with Gasteiger partial charge in [0.15, 0.2) is 0 Å². The molecular weight excluding hydrogens is 247 g/mol. The lowest BCUT2D eigenvalue weighted by Gasteiger charge is -2.18. The molecule has 2 rings (SSSR count). The molecule has 5 nitrogen and oxygen atoms in total. The first kappa shape index (κ1) is 12.8. The zero-order chi connectivity index (χ0) is 14.0. The third-order valence-electron chi connectivity index (χ3n) is 2.72. The fraction of sp³-hybridized carbons (Fsp3) is 0.154. The number of anilines is 2. The Bertz CT molecular complexity index is 717. The standard InChI is InChI=1S/C13H11FN4O/c1-8-5-10(3-4-11(8)14)18(2)12-6-9(7-15)16-13(19)17-12/h3-6H,1-2H3,(H,16,17,19). The van der Waals surface area contributed by atoms with Crippen molar-refractivity contribution in [2.75, 3.05) is 11.9 Å². The maximum absolute atomic E-state index is 13.2. The van der Waals surface area contributed by atoms with Crippen LogP contribution >= 0.6 is 0 Å². The minimum Gasteiger partial charge on any atom is -0.329 e. The quantitative estimate of drug-likeness (QED) is 0.892. The van der Waals surface area contributed by atoms with Gasteiger partial charge < -0.3 is 4.90 Å². The SMILES string of the molecule is Cc1cc(N(C)c2cc(C#N)[nH]c(=O)n2)ccc1F. The van der Waals surface area contributed by atoms with Crippen molar-refractivity contribution in [1.29, 1.82) is 5.26 Å². The highest BCUT2D eigenvalue weighted by atomic mass is 19.1. The molecule has 0 fully saturated rings. The summed E-state index contributed by atoms with van der Waals surface area (Å²) in [5.41, 5.74) is 0.705. The second-order valence-electron chi connectivity index (χ2n) is 4.06. The molecule has 0 aliphatic carbocycles. The van der Waals surface area contributed by atoms with Gasteiger partial charge >= 0.3 is 5.69 Å². The van der Waals surface area contributed by atoms with Crippen LogP contribution in [0.25, 0.3) is 0 Å². The maximum Gasteiger partial charge on any atom is 0.347 e. The molecule has 0 atom stereocenters. The normalized spacial score (nSPS) is 10.0. The fourth-order valence-electron chi connectivity index (χ4n) is 1.65. The average molecular weight is 258 g/mol. The zero-order valence-corrected chi connectivity index (χ0v) is 10.4. The van der Waals surface area contributed by atoms with Crippen molar-refractivity contribution in [3.05, 3.63) is 51.8 Å². The molecule has 2 aromatic rings. The summed E-state index contributed by atoms with van der Waals surface area (Å²) in [6, 6.07) is 7.88. The summed E-state index contributed by atoms with van der Waals surface area (Å²) < 4.78 is 13.2. The summed E-state index contributed by atoms with van der Waals surface area (Å²) in [6.45, 7) is 1.65. The van der Waals surface area contributed by atoms with E-state index in [9.17, 15) is 9.18 Å². The first-order chi connectivity index (χ1) is 9.01. The second-order valence-corrected chi connectivity index (χ2v) is 4.06. The molecule has 1 aromatic carbocycles. The lowest BCUT2D eigenvalue weighted by Crippen LogP contribution is -2.19. The van der Waals surface area contributed by atoms with Crippen molar-refractivity contribution >= 4 is 11.5 Å². The van der Waals surface area contributed by atoms with Crippen LogP contribution in [0.4, 0.5) is 15.9 Å². The van der Waals surface area contributed by atoms with Crippen molar-refractivity contribution in [3.63, 3.8) is 0 Å². The highest BCUT2D eigenvalue weighted by Gasteiger charge is 2.09. The minimum absolute atomic E-state index is 0.126. The smallest absolute Gasteiger partial charge is 0.329 e. The van der Waals surface area contributed by atoms with E-state index in [1.54, 1.807) is 31.0 Å². The van der Waals surface area contributed by atoms with Crippen LogP contribution in [-0.2, 0) is 0 Å². The van der Waals surface area contributed by atoms with Crippen LogP contribution in [-0.4, -0.2) is 17.0 Å². The second kappa shape index (κ2) is 4.90. The van der Waals surface area contributed by atoms with Crippen molar-refractivity contribution < 1.29 is 4.39 Å². The van der Waals surface area contributed by atoms with Crippen LogP contribution in [0.15, 0.2) is 29.1 Å². The molecule has 0 radical (unpaired) electrons. The van der Waals surface area contributed by atoms with Gasteiger partial charge in [-0.05, 0) is 30.7 Å². The van der Waals surface area contributed by atoms with E-state index in [1.807, 2.05) is 6.07 Å². The molecule has 0 bridgehead atoms. The van der Waals surface area contributed by atoms with Gasteiger partial charge in [0.2, 0.25) is 0 Å². The van der Waals surface area contributed by atoms with Gasteiger partial charge in [0.05, 0.1) is 0 Å². The number of aromatic amines is 1. The van der Waals surface area contributed by atoms with Gasteiger partial charge in [-0.25, -0.2) is 9.18 Å². The molecule has 0 amide bonds. The number of nitrogens with one attached hydrogen (secondary N) is 1. The molecule has 0 spiro atoms. The predicted molar refractivity (Wildman–Crippen MR) is 68.8 cm³/mol. The Morgan fingerprint density at radius 1 is 1.42 bits per heavy atom. The van der Waals surface area contributed by atoms with E-state index < -0.39 is 5.69 Å². The monoisotopic (exact) mass is 258 g/mol. The van der Waals surface area contributed by atoms with E-state index in [0.29, 0.717) is 17.1 Å². The van der Waals surface area contributed by atoms with E-state index in [0.717, 1.165) is 0 Å². The van der Waals surface area contributed by atoms with Crippen molar-refractivity contribution in [1.82, 2.24) is 9.97 Å². The number of nitrogens with zero attached hydrogens (tertiary/aromatic N) is 3. The summed E-state index contributed by atoms with van der Waals surface area (Å²) in [6.07, 6.45) is 0. The molecule has 0 aliphatic rings. The number of H-pyrrole nitrogens is 1. The Morgan fingerprint density at radius 2 is 2.16 bits per heavy atom. The van der Waals surface area contributed by atoms with Crippen molar-refractivity contribution in [3.8, 4) is 6.07 Å². The van der Waals surface area contributed by atoms with E-state index in [4.69, 9.17) is 5.26 Å². The molecule has 96 valence electrons. The largest absolute Gasteiger partial charge is 0.347 e. The Morgan fingerprint density at radius 3 is 2.79 bits per heavy atom. The van der Waals surface area contributed by atoms with E-state index in [1.165, 1.54) is 12.1 Å². The Labute approximate surface area is 109 Å². The molecule has 1 N–H and O–H groups in total. The third kappa shape index (κ3) is 2.60. The van der Waals surface area contributed by atoms with Gasteiger partial charge in [-0.3, -0.25) is 4.98 Å². The van der Waals surface area contributed by atoms with E-state index >= 15 is 0 Å². The first-order valence-electron chi connectivity index (χ1n) is 5.52. The minimum atomic E-state index is -0.597. The zero-order valence-electron chi connectivity index (χ0n) is 10.4. The molecule has 1 aromatic heterocycles. The number of hydrogen-bond donors (Lipinski definition) is 1. The van der Waals surface area contributed by atoms with Gasteiger partial charge in [0.25, 0.3) is 0 Å². The number of aryl methyl sites for hydroxylation is 1. The van der Waals surface area contributed by atoms with Gasteiger partial charge in [0, 0.05) is 18.8 Å². The predicted octanol–water partition coefficient (Wildman–Crippen LogP) is 1.86. The Kier molecular flexibility index (Phi) is 3.29. The van der Waals surface area contributed by atoms with E-state index in [2.05, 4.69) is 9.97 Å². The fourth-order valence-corrected chi connectivity index (χ4v) is 1.65. The number of nitriles is 1. The molecular formula is C13H11FN4O. The summed E-state index contributed by atoms with van der Waals surface area (Å²) in [5, 5.41) is 8.80. The first-order valence-corrected chi connectivity index (χ1v) is 5.52. The summed E-state index contributed by atoms with van der Waals surface area (Å²) in [5.74, 6) is 0.0278. The molecule has 6 heteroatoms. The van der Waals surface area contributed by atoms with E-state index in [-0.39, 0.29) is 11.5 Å². The van der Waals surface area contributed by atoms with Crippen LogP contribution in [0.3, 0.4) is 0 Å². The highest BCUT2D eigenvalue weighted by Crippen LogP contribution is 2.23. The van der Waals surface area contributed by atoms with Gasteiger partial charge in [0.1, 0.15) is 23.4 Å². The van der Waals surface area contributed by atoms with Crippen molar-refractivity contribution in [2.24, 2.45) is 0 Å². The van der Waals surface area contributed by atoms with Crippen LogP contribution < -0.4 is 10.6 Å². The molecule has 0 saturated heterocycles. The van der Waals surface area contributed by atoms with Gasteiger partial charge in [-0.1, -0.05) is 0 Å². The van der Waals surface area contributed by atoms with Crippen LogP contribution in [0, 0.1) is 24.1 Å². The summed E-state index contributed by atoms with van der Waals surface area (Å²) in [4.78, 5) is 19.0. The highest BCUT2D eigenvalue weighted by molar-refractivity contribution is 5.60. The van der Waals surface area contributed by atoms with Gasteiger partial charge in [-0.2, -0.15) is 10.2 Å². The number of rotatable bonds is 2. The average Bonchev–Trinajstić information content (AvgIpc) is 2.40. The van der Waals surface area contributed by atoms with Crippen LogP contribution in [0.2, 0.25) is 0 Å². The lowest BCUT2D eigenvalue weighted by atomic mass is 10.2. The summed E-state index contributed by atoms with van der Waals surface area (Å²) >= 11 is 0. The maximum atomic E-state index is 13.2. The molecule has 0 saturated carbocycles. The molecule has 0 aliphatic heterocycles. The Balaban J connectivity index is 2.46. The number of aromatic nitrogens is 2. The van der Waals surface area contributed by atoms with Gasteiger partial charge in [-0.15, -0.1) is 0 Å². The number of hydrogen-bond acceptors (Lipinski definition) is 4. The third-order valence-corrected chi connectivity index (χ3v) is 2.72. The molecule has 1 heterocycles. The Hall–Kier alpha value is -2.68. The van der Waals surface area contributed by atoms with Crippen LogP contribution in [0.1, 0.15) is 11.3 Å². The molecule has 0 unspecified atom stereocenters. The number of halogens is 1. The van der Waals surface area contributed by atoms with Crippen LogP contribution in [0.5, 0.6) is 0 Å². The molecule has 19 heavy (non-hydrogen) atoms.